The van der Waals surface area contributed by atoms with Gasteiger partial charge in [-0.1, -0.05) is 25.8 Å². The Kier molecular flexibility index (Phi) is 8.30. The van der Waals surface area contributed by atoms with Gasteiger partial charge in [-0.15, -0.1) is 0 Å². The summed E-state index contributed by atoms with van der Waals surface area (Å²) in [6.45, 7) is 4.16. The highest BCUT2D eigenvalue weighted by molar-refractivity contribution is 5.05. The van der Waals surface area contributed by atoms with E-state index < -0.39 is 0 Å². The summed E-state index contributed by atoms with van der Waals surface area (Å²) in [6, 6.07) is 0.477. The van der Waals surface area contributed by atoms with E-state index in [1.165, 1.54) is 37.8 Å². The number of aliphatic hydroxyl groups excluding tert-OH is 1. The van der Waals surface area contributed by atoms with E-state index in [9.17, 15) is 0 Å². The van der Waals surface area contributed by atoms with Crippen LogP contribution in [0.15, 0.2) is 12.3 Å². The number of hydrogen-bond donors (Lipinski definition) is 2. The molecular weight excluding hydrogens is 200 g/mol. The van der Waals surface area contributed by atoms with E-state index >= 15 is 0 Å². The van der Waals surface area contributed by atoms with E-state index in [1.54, 1.807) is 0 Å². The Morgan fingerprint density at radius 3 is 2.12 bits per heavy atom. The molecule has 1 unspecified atom stereocenters. The summed E-state index contributed by atoms with van der Waals surface area (Å²) >= 11 is 0. The topological polar surface area (TPSA) is 35.5 Å². The van der Waals surface area contributed by atoms with Gasteiger partial charge in [0.1, 0.15) is 0 Å². The zero-order valence-corrected chi connectivity index (χ0v) is 11.3. The Labute approximate surface area is 101 Å². The SMILES string of the molecule is C=C(C(NC)C1CCCCC1)N(C)C.CO. The third-order valence-corrected chi connectivity index (χ3v) is 3.37. The fourth-order valence-corrected chi connectivity index (χ4v) is 2.42. The molecule has 1 atom stereocenters. The summed E-state index contributed by atoms with van der Waals surface area (Å²) < 4.78 is 0. The van der Waals surface area contributed by atoms with Gasteiger partial charge in [-0.25, -0.2) is 0 Å². The van der Waals surface area contributed by atoms with Crippen molar-refractivity contribution in [1.29, 1.82) is 0 Å². The van der Waals surface area contributed by atoms with Crippen LogP contribution in [0.2, 0.25) is 0 Å². The molecule has 1 rings (SSSR count). The van der Waals surface area contributed by atoms with Gasteiger partial charge in [0.2, 0.25) is 0 Å². The van der Waals surface area contributed by atoms with E-state index in [0.29, 0.717) is 6.04 Å². The number of hydrogen-bond acceptors (Lipinski definition) is 3. The highest BCUT2D eigenvalue weighted by Crippen LogP contribution is 2.29. The molecule has 0 heterocycles. The first-order valence-corrected chi connectivity index (χ1v) is 6.15. The first-order chi connectivity index (χ1) is 7.66. The number of nitrogens with zero attached hydrogens (tertiary/aromatic N) is 1. The van der Waals surface area contributed by atoms with Crippen LogP contribution in [-0.2, 0) is 0 Å². The molecular formula is C13H28N2O. The maximum absolute atomic E-state index is 7.00. The van der Waals surface area contributed by atoms with E-state index in [-0.39, 0.29) is 0 Å². The fourth-order valence-electron chi connectivity index (χ4n) is 2.42. The first kappa shape index (κ1) is 15.5. The van der Waals surface area contributed by atoms with Crippen LogP contribution < -0.4 is 5.32 Å². The molecule has 3 heteroatoms. The number of likely N-dealkylation sites (N-methyl/N-ethyl adjacent to an activating group) is 2. The lowest BCUT2D eigenvalue weighted by atomic mass is 9.82. The predicted octanol–water partition coefficient (Wildman–Crippen LogP) is 1.84. The smallest absolute Gasteiger partial charge is 0.0491 e. The van der Waals surface area contributed by atoms with Crippen LogP contribution in [0.4, 0.5) is 0 Å². The van der Waals surface area contributed by atoms with Crippen LogP contribution >= 0.6 is 0 Å². The maximum Gasteiger partial charge on any atom is 0.0491 e. The molecule has 1 aliphatic carbocycles. The van der Waals surface area contributed by atoms with Gasteiger partial charge in [0.15, 0.2) is 0 Å². The van der Waals surface area contributed by atoms with Crippen molar-refractivity contribution in [3.05, 3.63) is 12.3 Å². The Morgan fingerprint density at radius 1 is 1.25 bits per heavy atom. The number of rotatable bonds is 4. The van der Waals surface area contributed by atoms with Crippen LogP contribution in [0.5, 0.6) is 0 Å². The summed E-state index contributed by atoms with van der Waals surface area (Å²) in [6.07, 6.45) is 6.92. The summed E-state index contributed by atoms with van der Waals surface area (Å²) in [5.41, 5.74) is 1.22. The lowest BCUT2D eigenvalue weighted by molar-refractivity contribution is 0.272. The third kappa shape index (κ3) is 4.54. The van der Waals surface area contributed by atoms with Gasteiger partial charge < -0.3 is 15.3 Å². The van der Waals surface area contributed by atoms with Crippen molar-refractivity contribution < 1.29 is 5.11 Å². The molecule has 1 aliphatic rings. The van der Waals surface area contributed by atoms with Gasteiger partial charge in [0.25, 0.3) is 0 Å². The Hall–Kier alpha value is -0.540. The van der Waals surface area contributed by atoms with Crippen LogP contribution in [-0.4, -0.2) is 44.3 Å². The summed E-state index contributed by atoms with van der Waals surface area (Å²) in [4.78, 5) is 2.13. The lowest BCUT2D eigenvalue weighted by Gasteiger charge is -2.34. The monoisotopic (exact) mass is 228 g/mol. The predicted molar refractivity (Wildman–Crippen MR) is 70.4 cm³/mol. The minimum Gasteiger partial charge on any atom is -0.400 e. The van der Waals surface area contributed by atoms with Gasteiger partial charge in [-0.3, -0.25) is 0 Å². The molecule has 96 valence electrons. The minimum atomic E-state index is 0.477. The van der Waals surface area contributed by atoms with Crippen LogP contribution in [0.3, 0.4) is 0 Å². The van der Waals surface area contributed by atoms with Gasteiger partial charge in [-0.2, -0.15) is 0 Å². The van der Waals surface area contributed by atoms with E-state index in [1.807, 2.05) is 7.05 Å². The van der Waals surface area contributed by atoms with Gasteiger partial charge >= 0.3 is 0 Å². The molecule has 0 saturated heterocycles. The summed E-state index contributed by atoms with van der Waals surface area (Å²) in [5.74, 6) is 0.795. The molecule has 0 spiro atoms. The fraction of sp³-hybridized carbons (Fsp3) is 0.846. The van der Waals surface area contributed by atoms with Crippen molar-refractivity contribution >= 4 is 0 Å². The normalized spacial score (nSPS) is 18.3. The van der Waals surface area contributed by atoms with Crippen molar-refractivity contribution in [1.82, 2.24) is 10.2 Å². The molecule has 0 aliphatic heterocycles. The zero-order chi connectivity index (χ0) is 12.6. The molecule has 3 nitrogen and oxygen atoms in total. The average molecular weight is 228 g/mol. The molecule has 0 amide bonds. The van der Waals surface area contributed by atoms with Crippen molar-refractivity contribution in [2.75, 3.05) is 28.3 Å². The van der Waals surface area contributed by atoms with Gasteiger partial charge in [0, 0.05) is 32.9 Å². The summed E-state index contributed by atoms with van der Waals surface area (Å²) in [7, 11) is 7.21. The molecule has 0 radical (unpaired) electrons. The zero-order valence-electron chi connectivity index (χ0n) is 11.3. The second-order valence-electron chi connectivity index (χ2n) is 4.55. The van der Waals surface area contributed by atoms with Crippen molar-refractivity contribution in [2.45, 2.75) is 38.1 Å². The first-order valence-electron chi connectivity index (χ1n) is 6.15. The molecule has 0 aromatic carbocycles. The molecule has 1 saturated carbocycles. The van der Waals surface area contributed by atoms with Gasteiger partial charge in [-0.05, 0) is 25.8 Å². The van der Waals surface area contributed by atoms with Crippen molar-refractivity contribution in [3.8, 4) is 0 Å². The number of nitrogens with one attached hydrogen (secondary N) is 1. The van der Waals surface area contributed by atoms with E-state index in [2.05, 4.69) is 30.9 Å². The van der Waals surface area contributed by atoms with Crippen molar-refractivity contribution in [3.63, 3.8) is 0 Å². The molecule has 0 bridgehead atoms. The molecule has 2 N–H and O–H groups in total. The molecule has 1 fully saturated rings. The summed E-state index contributed by atoms with van der Waals surface area (Å²) in [5, 5.41) is 10.4. The highest BCUT2D eigenvalue weighted by atomic mass is 16.2. The highest BCUT2D eigenvalue weighted by Gasteiger charge is 2.25. The van der Waals surface area contributed by atoms with Gasteiger partial charge in [0.05, 0.1) is 0 Å². The van der Waals surface area contributed by atoms with E-state index in [4.69, 9.17) is 5.11 Å². The average Bonchev–Trinajstić information content (AvgIpc) is 2.33. The van der Waals surface area contributed by atoms with Crippen molar-refractivity contribution in [2.24, 2.45) is 5.92 Å². The third-order valence-electron chi connectivity index (χ3n) is 3.37. The quantitative estimate of drug-likeness (QED) is 0.771. The number of aliphatic hydroxyl groups is 1. The Morgan fingerprint density at radius 2 is 1.75 bits per heavy atom. The van der Waals surface area contributed by atoms with E-state index in [0.717, 1.165) is 13.0 Å². The van der Waals surface area contributed by atoms with Crippen LogP contribution in [0.25, 0.3) is 0 Å². The lowest BCUT2D eigenvalue weighted by Crippen LogP contribution is -2.40. The second-order valence-corrected chi connectivity index (χ2v) is 4.55. The Bertz CT molecular complexity index is 186. The molecule has 0 aromatic rings. The van der Waals surface area contributed by atoms with Crippen LogP contribution in [0, 0.1) is 5.92 Å². The molecule has 16 heavy (non-hydrogen) atoms. The minimum absolute atomic E-state index is 0.477. The molecule has 0 aromatic heterocycles. The van der Waals surface area contributed by atoms with Crippen LogP contribution in [0.1, 0.15) is 32.1 Å². The largest absolute Gasteiger partial charge is 0.400 e. The Balaban J connectivity index is 0.00000106. The standard InChI is InChI=1S/C12H24N2.CH4O/c1-10(14(3)4)12(13-2)11-8-6-5-7-9-11;1-2/h11-13H,1,5-9H2,2-4H3;2H,1H3. The maximum atomic E-state index is 7.00. The second kappa shape index (κ2) is 8.59.